The molecule has 6 heteroatoms. The molecule has 0 unspecified atom stereocenters. The molecule has 0 saturated heterocycles. The minimum Gasteiger partial charge on any atom is -0.365 e. The second kappa shape index (κ2) is 3.70. The Morgan fingerprint density at radius 3 is 3.00 bits per heavy atom. The van der Waals surface area contributed by atoms with Crippen molar-refractivity contribution in [2.75, 3.05) is 12.3 Å². The summed E-state index contributed by atoms with van der Waals surface area (Å²) in [7, 11) is 0. The molecule has 3 N–H and O–H groups in total. The summed E-state index contributed by atoms with van der Waals surface area (Å²) in [4.78, 5) is 14.2. The Hall–Kier alpha value is -1.59. The van der Waals surface area contributed by atoms with Gasteiger partial charge in [-0.1, -0.05) is 0 Å². The molecule has 1 heterocycles. The van der Waals surface area contributed by atoms with Crippen LogP contribution in [0.1, 0.15) is 12.8 Å². The minimum absolute atomic E-state index is 0.0810. The van der Waals surface area contributed by atoms with Crippen LogP contribution in [0.5, 0.6) is 0 Å². The van der Waals surface area contributed by atoms with Gasteiger partial charge in [0.25, 0.3) is 5.95 Å². The van der Waals surface area contributed by atoms with E-state index >= 15 is 0 Å². The third-order valence-electron chi connectivity index (χ3n) is 1.20. The number of nitrogens with two attached hydrogens (primary N) is 1. The van der Waals surface area contributed by atoms with Crippen molar-refractivity contribution >= 4 is 11.9 Å². The van der Waals surface area contributed by atoms with E-state index in [-0.39, 0.29) is 11.9 Å². The van der Waals surface area contributed by atoms with Gasteiger partial charge in [0, 0.05) is 19.9 Å². The molecule has 1 aromatic heterocycles. The molecule has 12 heavy (non-hydrogen) atoms. The average molecular weight is 170 g/mol. The fraction of sp³-hybridized carbons (Fsp3) is 0.500. The van der Waals surface area contributed by atoms with E-state index in [2.05, 4.69) is 15.5 Å². The fourth-order valence-electron chi connectivity index (χ4n) is 0.715. The summed E-state index contributed by atoms with van der Waals surface area (Å²) >= 11 is 0. The highest BCUT2D eigenvalue weighted by atomic mass is 16.5. The molecule has 0 fully saturated rings. The van der Waals surface area contributed by atoms with Crippen LogP contribution in [-0.2, 0) is 11.2 Å². The van der Waals surface area contributed by atoms with Gasteiger partial charge >= 0.3 is 0 Å². The molecule has 0 aromatic carbocycles. The van der Waals surface area contributed by atoms with Gasteiger partial charge in [0.1, 0.15) is 0 Å². The number of amides is 1. The summed E-state index contributed by atoms with van der Waals surface area (Å²) in [6, 6.07) is 0. The number of hydrogen-bond acceptors (Lipinski definition) is 5. The van der Waals surface area contributed by atoms with E-state index in [1.165, 1.54) is 6.92 Å². The molecular formula is C6H10N4O2. The second-order valence-electron chi connectivity index (χ2n) is 2.28. The Morgan fingerprint density at radius 1 is 1.75 bits per heavy atom. The van der Waals surface area contributed by atoms with Gasteiger partial charge in [-0.3, -0.25) is 4.79 Å². The van der Waals surface area contributed by atoms with E-state index in [4.69, 9.17) is 10.3 Å². The number of nitrogens with one attached hydrogen (secondary N) is 1. The first-order valence-corrected chi connectivity index (χ1v) is 3.51. The first-order valence-electron chi connectivity index (χ1n) is 3.51. The molecule has 0 bridgehead atoms. The highest BCUT2D eigenvalue weighted by molar-refractivity contribution is 5.72. The molecule has 1 amide bonds. The van der Waals surface area contributed by atoms with Gasteiger partial charge in [0.05, 0.1) is 0 Å². The highest BCUT2D eigenvalue weighted by Crippen LogP contribution is 1.97. The Labute approximate surface area is 69.1 Å². The Bertz CT molecular complexity index is 270. The first kappa shape index (κ1) is 8.51. The molecule has 1 rings (SSSR count). The number of aromatic nitrogens is 2. The first-order chi connectivity index (χ1) is 5.68. The zero-order chi connectivity index (χ0) is 8.97. The lowest BCUT2D eigenvalue weighted by Crippen LogP contribution is -2.22. The van der Waals surface area contributed by atoms with Crippen LogP contribution < -0.4 is 11.1 Å². The maximum Gasteiger partial charge on any atom is 0.260 e. The number of hydrogen-bond donors (Lipinski definition) is 2. The molecule has 0 spiro atoms. The van der Waals surface area contributed by atoms with Gasteiger partial charge in [-0.05, 0) is 5.16 Å². The quantitative estimate of drug-likeness (QED) is 0.627. The van der Waals surface area contributed by atoms with Crippen LogP contribution in [0.15, 0.2) is 4.52 Å². The molecule has 0 radical (unpaired) electrons. The van der Waals surface area contributed by atoms with E-state index in [9.17, 15) is 4.79 Å². The highest BCUT2D eigenvalue weighted by Gasteiger charge is 2.01. The average Bonchev–Trinajstić information content (AvgIpc) is 2.35. The predicted octanol–water partition coefficient (Wildman–Crippen LogP) is -0.670. The number of carbonyl (C=O) groups excluding carboxylic acids is 1. The monoisotopic (exact) mass is 170 g/mol. The zero-order valence-electron chi connectivity index (χ0n) is 6.70. The molecular weight excluding hydrogens is 160 g/mol. The SMILES string of the molecule is CC(=O)NCCc1nc(N)no1. The normalized spacial score (nSPS) is 9.75. The van der Waals surface area contributed by atoms with E-state index in [1.807, 2.05) is 0 Å². The van der Waals surface area contributed by atoms with Crippen molar-refractivity contribution in [2.45, 2.75) is 13.3 Å². The molecule has 0 saturated carbocycles. The topological polar surface area (TPSA) is 94.0 Å². The molecule has 1 aromatic rings. The number of nitrogens with zero attached hydrogens (tertiary/aromatic N) is 2. The largest absolute Gasteiger partial charge is 0.365 e. The standard InChI is InChI=1S/C6H10N4O2/c1-4(11)8-3-2-5-9-6(7)10-12-5/h2-3H2,1H3,(H2,7,10)(H,8,11). The van der Waals surface area contributed by atoms with Gasteiger partial charge in [0.15, 0.2) is 0 Å². The third kappa shape index (κ3) is 2.57. The van der Waals surface area contributed by atoms with Crippen molar-refractivity contribution in [3.05, 3.63) is 5.89 Å². The lowest BCUT2D eigenvalue weighted by Gasteiger charge is -1.95. The van der Waals surface area contributed by atoms with Crippen LogP contribution in [0.2, 0.25) is 0 Å². The van der Waals surface area contributed by atoms with Crippen LogP contribution in [0.4, 0.5) is 5.95 Å². The van der Waals surface area contributed by atoms with Crippen LogP contribution in [-0.4, -0.2) is 22.6 Å². The molecule has 0 aliphatic heterocycles. The van der Waals surface area contributed by atoms with E-state index in [0.717, 1.165) is 0 Å². The van der Waals surface area contributed by atoms with E-state index < -0.39 is 0 Å². The van der Waals surface area contributed by atoms with Crippen LogP contribution in [0.25, 0.3) is 0 Å². The summed E-state index contributed by atoms with van der Waals surface area (Å²) in [6.45, 7) is 1.93. The Morgan fingerprint density at radius 2 is 2.50 bits per heavy atom. The number of carbonyl (C=O) groups is 1. The van der Waals surface area contributed by atoms with Crippen molar-refractivity contribution in [3.63, 3.8) is 0 Å². The molecule has 6 nitrogen and oxygen atoms in total. The van der Waals surface area contributed by atoms with Gasteiger partial charge in [-0.15, -0.1) is 0 Å². The number of rotatable bonds is 3. The van der Waals surface area contributed by atoms with Crippen LogP contribution >= 0.6 is 0 Å². The van der Waals surface area contributed by atoms with Crippen molar-refractivity contribution in [2.24, 2.45) is 0 Å². The molecule has 0 aliphatic rings. The smallest absolute Gasteiger partial charge is 0.260 e. The minimum atomic E-state index is -0.0810. The maximum atomic E-state index is 10.4. The predicted molar refractivity (Wildman–Crippen MR) is 41.1 cm³/mol. The molecule has 66 valence electrons. The van der Waals surface area contributed by atoms with Crippen molar-refractivity contribution in [1.29, 1.82) is 0 Å². The summed E-state index contributed by atoms with van der Waals surface area (Å²) in [6.07, 6.45) is 0.504. The summed E-state index contributed by atoms with van der Waals surface area (Å²) in [5.74, 6) is 0.469. The number of anilines is 1. The van der Waals surface area contributed by atoms with Crippen LogP contribution in [0.3, 0.4) is 0 Å². The Kier molecular flexibility index (Phi) is 2.62. The van der Waals surface area contributed by atoms with Gasteiger partial charge in [0.2, 0.25) is 11.8 Å². The fourth-order valence-corrected chi connectivity index (χ4v) is 0.715. The van der Waals surface area contributed by atoms with E-state index in [1.54, 1.807) is 0 Å². The van der Waals surface area contributed by atoms with Crippen molar-refractivity contribution < 1.29 is 9.32 Å². The molecule has 0 aliphatic carbocycles. The number of nitrogen functional groups attached to an aromatic ring is 1. The molecule has 0 atom stereocenters. The summed E-state index contributed by atoms with van der Waals surface area (Å²) < 4.78 is 4.71. The zero-order valence-corrected chi connectivity index (χ0v) is 6.70. The summed E-state index contributed by atoms with van der Waals surface area (Å²) in [5, 5.41) is 5.99. The van der Waals surface area contributed by atoms with Gasteiger partial charge in [-0.25, -0.2) is 0 Å². The summed E-state index contributed by atoms with van der Waals surface area (Å²) in [5.41, 5.74) is 5.21. The van der Waals surface area contributed by atoms with Crippen molar-refractivity contribution in [3.8, 4) is 0 Å². The van der Waals surface area contributed by atoms with Gasteiger partial charge < -0.3 is 15.6 Å². The Balaban J connectivity index is 2.29. The third-order valence-corrected chi connectivity index (χ3v) is 1.20. The lowest BCUT2D eigenvalue weighted by atomic mass is 10.4. The lowest BCUT2D eigenvalue weighted by molar-refractivity contribution is -0.118. The van der Waals surface area contributed by atoms with Gasteiger partial charge in [-0.2, -0.15) is 4.98 Å². The van der Waals surface area contributed by atoms with Crippen molar-refractivity contribution in [1.82, 2.24) is 15.5 Å². The maximum absolute atomic E-state index is 10.4. The van der Waals surface area contributed by atoms with Crippen LogP contribution in [0, 0.1) is 0 Å². The van der Waals surface area contributed by atoms with E-state index in [0.29, 0.717) is 18.9 Å². The second-order valence-corrected chi connectivity index (χ2v) is 2.28.